The van der Waals surface area contributed by atoms with Crippen LogP contribution in [0.4, 0.5) is 11.4 Å². The number of carbonyl (C=O) groups is 2. The van der Waals surface area contributed by atoms with Crippen molar-refractivity contribution in [3.05, 3.63) is 84.2 Å². The Kier molecular flexibility index (Phi) is 6.34. The molecule has 0 aliphatic carbocycles. The Morgan fingerprint density at radius 2 is 1.94 bits per heavy atom. The Morgan fingerprint density at radius 1 is 1.10 bits per heavy atom. The second-order valence-corrected chi connectivity index (χ2v) is 8.02. The van der Waals surface area contributed by atoms with Gasteiger partial charge in [-0.25, -0.2) is 4.98 Å². The molecule has 2 aromatic carbocycles. The van der Waals surface area contributed by atoms with Gasteiger partial charge in [-0.3, -0.25) is 9.59 Å². The molecule has 5 nitrogen and oxygen atoms in total. The molecule has 6 heteroatoms. The standard InChI is InChI=1S/C25H21N3O2S/c1-31-23-12-10-22(11-13-23)28-17-19(16-24(28)29)25(30)27-21-7-4-5-18(15-21)8-9-20-6-2-3-14-26-20/h2-7,10-15,19H,16-17H2,1H3,(H,27,30). The van der Waals surface area contributed by atoms with Gasteiger partial charge in [-0.15, -0.1) is 11.8 Å². The van der Waals surface area contributed by atoms with E-state index in [0.717, 1.165) is 16.1 Å². The number of pyridine rings is 1. The number of hydrogen-bond acceptors (Lipinski definition) is 4. The summed E-state index contributed by atoms with van der Waals surface area (Å²) in [6.45, 7) is 0.377. The summed E-state index contributed by atoms with van der Waals surface area (Å²) >= 11 is 1.65. The fraction of sp³-hybridized carbons (Fsp3) is 0.160. The predicted octanol–water partition coefficient (Wildman–Crippen LogP) is 4.19. The van der Waals surface area contributed by atoms with Gasteiger partial charge < -0.3 is 10.2 Å². The summed E-state index contributed by atoms with van der Waals surface area (Å²) in [6, 6.07) is 20.8. The second-order valence-electron chi connectivity index (χ2n) is 7.14. The lowest BCUT2D eigenvalue weighted by molar-refractivity contribution is -0.122. The van der Waals surface area contributed by atoms with Gasteiger partial charge in [0.2, 0.25) is 11.8 Å². The van der Waals surface area contributed by atoms with Crippen molar-refractivity contribution in [2.45, 2.75) is 11.3 Å². The van der Waals surface area contributed by atoms with Crippen molar-refractivity contribution in [1.82, 2.24) is 4.98 Å². The molecule has 31 heavy (non-hydrogen) atoms. The highest BCUT2D eigenvalue weighted by atomic mass is 32.2. The maximum absolute atomic E-state index is 12.8. The molecule has 1 aliphatic rings. The third kappa shape index (κ3) is 5.14. The van der Waals surface area contributed by atoms with Gasteiger partial charge in [-0.1, -0.05) is 18.1 Å². The number of rotatable bonds is 4. The first kappa shape index (κ1) is 20.7. The largest absolute Gasteiger partial charge is 0.326 e. The van der Waals surface area contributed by atoms with Crippen LogP contribution >= 0.6 is 11.8 Å². The number of nitrogens with zero attached hydrogens (tertiary/aromatic N) is 2. The SMILES string of the molecule is CSc1ccc(N2CC(C(=O)Nc3cccc(C#Cc4ccccn4)c3)CC2=O)cc1. The van der Waals surface area contributed by atoms with Crippen LogP contribution in [0.15, 0.2) is 77.8 Å². The van der Waals surface area contributed by atoms with E-state index in [2.05, 4.69) is 22.1 Å². The number of thioether (sulfide) groups is 1. The van der Waals surface area contributed by atoms with Crippen molar-refractivity contribution in [3.63, 3.8) is 0 Å². The zero-order chi connectivity index (χ0) is 21.6. The molecule has 1 atom stereocenters. The molecule has 1 saturated heterocycles. The van der Waals surface area contributed by atoms with Gasteiger partial charge in [0.05, 0.1) is 5.92 Å². The molecule has 1 fully saturated rings. The van der Waals surface area contributed by atoms with Gasteiger partial charge in [-0.05, 0) is 66.8 Å². The number of amides is 2. The summed E-state index contributed by atoms with van der Waals surface area (Å²) in [5, 5.41) is 2.93. The second kappa shape index (κ2) is 9.50. The molecule has 1 aromatic heterocycles. The van der Waals surface area contributed by atoms with E-state index in [-0.39, 0.29) is 18.2 Å². The third-order valence-corrected chi connectivity index (χ3v) is 5.75. The monoisotopic (exact) mass is 427 g/mol. The molecule has 4 rings (SSSR count). The number of aromatic nitrogens is 1. The maximum Gasteiger partial charge on any atom is 0.229 e. The molecule has 154 valence electrons. The van der Waals surface area contributed by atoms with Crippen LogP contribution in [0, 0.1) is 17.8 Å². The van der Waals surface area contributed by atoms with Gasteiger partial charge in [0.15, 0.2) is 0 Å². The minimum absolute atomic E-state index is 0.0352. The van der Waals surface area contributed by atoms with E-state index < -0.39 is 5.92 Å². The highest BCUT2D eigenvalue weighted by Gasteiger charge is 2.35. The Bertz CT molecular complexity index is 1150. The third-order valence-electron chi connectivity index (χ3n) is 5.01. The number of hydrogen-bond donors (Lipinski definition) is 1. The van der Waals surface area contributed by atoms with Crippen molar-refractivity contribution >= 4 is 35.0 Å². The fourth-order valence-corrected chi connectivity index (χ4v) is 3.80. The Balaban J connectivity index is 1.41. The molecular formula is C25H21N3O2S. The molecular weight excluding hydrogens is 406 g/mol. The number of nitrogens with one attached hydrogen (secondary N) is 1. The average Bonchev–Trinajstić information content (AvgIpc) is 3.20. The average molecular weight is 428 g/mol. The first-order chi connectivity index (χ1) is 15.1. The summed E-state index contributed by atoms with van der Waals surface area (Å²) in [4.78, 5) is 32.3. The lowest BCUT2D eigenvalue weighted by atomic mass is 10.1. The minimum Gasteiger partial charge on any atom is -0.326 e. The molecule has 2 heterocycles. The van der Waals surface area contributed by atoms with E-state index in [4.69, 9.17) is 0 Å². The molecule has 0 spiro atoms. The number of carbonyl (C=O) groups excluding carboxylic acids is 2. The van der Waals surface area contributed by atoms with E-state index in [1.807, 2.05) is 73.0 Å². The van der Waals surface area contributed by atoms with Crippen LogP contribution in [0.1, 0.15) is 17.7 Å². The summed E-state index contributed by atoms with van der Waals surface area (Å²) in [6.07, 6.45) is 3.91. The van der Waals surface area contributed by atoms with Crippen molar-refractivity contribution in [3.8, 4) is 11.8 Å². The first-order valence-electron chi connectivity index (χ1n) is 9.91. The zero-order valence-corrected chi connectivity index (χ0v) is 17.9. The molecule has 0 bridgehead atoms. The van der Waals surface area contributed by atoms with Crippen LogP contribution in [0.2, 0.25) is 0 Å². The molecule has 1 aliphatic heterocycles. The van der Waals surface area contributed by atoms with Gasteiger partial charge in [0.25, 0.3) is 0 Å². The van der Waals surface area contributed by atoms with Gasteiger partial charge in [-0.2, -0.15) is 0 Å². The van der Waals surface area contributed by atoms with Gasteiger partial charge >= 0.3 is 0 Å². The highest BCUT2D eigenvalue weighted by molar-refractivity contribution is 7.98. The predicted molar refractivity (Wildman–Crippen MR) is 124 cm³/mol. The van der Waals surface area contributed by atoms with Crippen molar-refractivity contribution in [2.24, 2.45) is 5.92 Å². The smallest absolute Gasteiger partial charge is 0.229 e. The molecule has 0 saturated carbocycles. The Labute approximate surface area is 185 Å². The number of anilines is 2. The van der Waals surface area contributed by atoms with Crippen LogP contribution in [0.3, 0.4) is 0 Å². The van der Waals surface area contributed by atoms with E-state index in [9.17, 15) is 9.59 Å². The Morgan fingerprint density at radius 3 is 2.68 bits per heavy atom. The maximum atomic E-state index is 12.8. The quantitative estimate of drug-likeness (QED) is 0.501. The summed E-state index contributed by atoms with van der Waals surface area (Å²) < 4.78 is 0. The molecule has 0 radical (unpaired) electrons. The van der Waals surface area contributed by atoms with Crippen LogP contribution in [0.25, 0.3) is 0 Å². The normalized spacial score (nSPS) is 15.3. The fourth-order valence-electron chi connectivity index (χ4n) is 3.39. The van der Waals surface area contributed by atoms with Crippen LogP contribution < -0.4 is 10.2 Å². The van der Waals surface area contributed by atoms with Crippen molar-refractivity contribution in [1.29, 1.82) is 0 Å². The summed E-state index contributed by atoms with van der Waals surface area (Å²) in [5.74, 6) is 5.48. The van der Waals surface area contributed by atoms with Crippen molar-refractivity contribution < 1.29 is 9.59 Å². The van der Waals surface area contributed by atoms with Gasteiger partial charge in [0, 0.05) is 41.0 Å². The van der Waals surface area contributed by atoms with E-state index in [1.165, 1.54) is 0 Å². The molecule has 3 aromatic rings. The van der Waals surface area contributed by atoms with E-state index in [0.29, 0.717) is 17.9 Å². The summed E-state index contributed by atoms with van der Waals surface area (Å²) in [5.41, 5.74) is 2.95. The minimum atomic E-state index is -0.393. The molecule has 1 N–H and O–H groups in total. The zero-order valence-electron chi connectivity index (χ0n) is 17.0. The van der Waals surface area contributed by atoms with Crippen molar-refractivity contribution in [2.75, 3.05) is 23.0 Å². The topological polar surface area (TPSA) is 62.3 Å². The lowest BCUT2D eigenvalue weighted by Gasteiger charge is -2.17. The van der Waals surface area contributed by atoms with Crippen LogP contribution in [-0.4, -0.2) is 29.6 Å². The highest BCUT2D eigenvalue weighted by Crippen LogP contribution is 2.28. The lowest BCUT2D eigenvalue weighted by Crippen LogP contribution is -2.28. The summed E-state index contributed by atoms with van der Waals surface area (Å²) in [7, 11) is 0. The van der Waals surface area contributed by atoms with Gasteiger partial charge in [0.1, 0.15) is 5.69 Å². The molecule has 2 amide bonds. The molecule has 1 unspecified atom stereocenters. The van der Waals surface area contributed by atoms with Crippen LogP contribution in [0.5, 0.6) is 0 Å². The van der Waals surface area contributed by atoms with E-state index >= 15 is 0 Å². The van der Waals surface area contributed by atoms with E-state index in [1.54, 1.807) is 22.9 Å². The number of benzene rings is 2. The first-order valence-corrected chi connectivity index (χ1v) is 11.1. The Hall–Kier alpha value is -3.56. The van der Waals surface area contributed by atoms with Crippen LogP contribution in [-0.2, 0) is 9.59 Å².